The summed E-state index contributed by atoms with van der Waals surface area (Å²) in [5.74, 6) is 1.16. The Labute approximate surface area is 168 Å². The lowest BCUT2D eigenvalue weighted by Gasteiger charge is -2.31. The summed E-state index contributed by atoms with van der Waals surface area (Å²) in [5, 5.41) is 3.20. The van der Waals surface area contributed by atoms with Gasteiger partial charge in [-0.3, -0.25) is 0 Å². The third-order valence-electron chi connectivity index (χ3n) is 4.55. The first kappa shape index (κ1) is 22.6. The van der Waals surface area contributed by atoms with Crippen LogP contribution in [0.15, 0.2) is 0 Å². The molecule has 0 spiro atoms. The highest BCUT2D eigenvalue weighted by atomic mass is 16.5. The first-order valence-electron chi connectivity index (χ1n) is 10.3. The average molecular weight is 397 g/mol. The van der Waals surface area contributed by atoms with Crippen molar-refractivity contribution in [2.24, 2.45) is 5.73 Å². The van der Waals surface area contributed by atoms with Crippen LogP contribution >= 0.6 is 0 Å². The Morgan fingerprint density at radius 1 is 1.04 bits per heavy atom. The fourth-order valence-electron chi connectivity index (χ4n) is 3.12. The topological polar surface area (TPSA) is 108 Å². The van der Waals surface area contributed by atoms with Crippen LogP contribution in [-0.4, -0.2) is 73.7 Å². The number of ether oxygens (including phenoxy) is 3. The van der Waals surface area contributed by atoms with Gasteiger partial charge in [0.2, 0.25) is 11.9 Å². The maximum Gasteiger partial charge on any atom is 0.323 e. The van der Waals surface area contributed by atoms with Crippen molar-refractivity contribution in [2.45, 2.75) is 58.1 Å². The van der Waals surface area contributed by atoms with Gasteiger partial charge in [0.15, 0.2) is 0 Å². The van der Waals surface area contributed by atoms with Gasteiger partial charge >= 0.3 is 6.01 Å². The minimum absolute atomic E-state index is 0.0000549. The molecule has 1 aliphatic carbocycles. The number of nitrogens with two attached hydrogens (primary N) is 1. The molecule has 1 aromatic heterocycles. The van der Waals surface area contributed by atoms with Crippen LogP contribution in [0, 0.1) is 0 Å². The first-order valence-corrected chi connectivity index (χ1v) is 10.3. The highest BCUT2D eigenvalue weighted by Gasteiger charge is 2.22. The van der Waals surface area contributed by atoms with Crippen molar-refractivity contribution in [2.75, 3.05) is 56.8 Å². The van der Waals surface area contributed by atoms with E-state index < -0.39 is 0 Å². The highest BCUT2D eigenvalue weighted by Crippen LogP contribution is 2.25. The smallest absolute Gasteiger partial charge is 0.323 e. The lowest BCUT2D eigenvalue weighted by molar-refractivity contribution is 0.0547. The molecule has 1 aliphatic rings. The fourth-order valence-corrected chi connectivity index (χ4v) is 3.12. The second-order valence-electron chi connectivity index (χ2n) is 7.25. The number of aromatic nitrogens is 3. The number of nitrogens with zero attached hydrogens (tertiary/aromatic N) is 4. The summed E-state index contributed by atoms with van der Waals surface area (Å²) in [5.41, 5.74) is 5.37. The molecule has 1 heterocycles. The minimum Gasteiger partial charge on any atom is -0.461 e. The Kier molecular flexibility index (Phi) is 10.2. The van der Waals surface area contributed by atoms with Crippen LogP contribution in [0.1, 0.15) is 46.0 Å². The van der Waals surface area contributed by atoms with E-state index in [1.54, 1.807) is 0 Å². The van der Waals surface area contributed by atoms with Crippen molar-refractivity contribution in [3.05, 3.63) is 0 Å². The normalized spacial score (nSPS) is 15.0. The predicted octanol–water partition coefficient (Wildman–Crippen LogP) is 1.83. The molecule has 0 unspecified atom stereocenters. The number of anilines is 2. The molecule has 1 fully saturated rings. The molecule has 9 heteroatoms. The van der Waals surface area contributed by atoms with Gasteiger partial charge in [-0.05, 0) is 26.7 Å². The van der Waals surface area contributed by atoms with E-state index in [9.17, 15) is 0 Å². The Morgan fingerprint density at radius 2 is 1.75 bits per heavy atom. The van der Waals surface area contributed by atoms with E-state index in [2.05, 4.69) is 32.2 Å². The van der Waals surface area contributed by atoms with Crippen LogP contribution < -0.4 is 20.7 Å². The van der Waals surface area contributed by atoms with Gasteiger partial charge in [-0.1, -0.05) is 19.3 Å². The zero-order valence-corrected chi connectivity index (χ0v) is 17.5. The summed E-state index contributed by atoms with van der Waals surface area (Å²) in [7, 11) is 2.05. The van der Waals surface area contributed by atoms with E-state index in [-0.39, 0.29) is 6.10 Å². The van der Waals surface area contributed by atoms with Gasteiger partial charge in [-0.15, -0.1) is 0 Å². The number of nitrogens with one attached hydrogen (secondary N) is 1. The van der Waals surface area contributed by atoms with Gasteiger partial charge in [0.25, 0.3) is 0 Å². The number of hydrogen-bond donors (Lipinski definition) is 2. The van der Waals surface area contributed by atoms with Crippen LogP contribution in [0.5, 0.6) is 6.01 Å². The minimum atomic E-state index is -0.0000549. The first-order chi connectivity index (χ1) is 13.6. The molecule has 3 N–H and O–H groups in total. The maximum atomic E-state index is 5.73. The van der Waals surface area contributed by atoms with Crippen molar-refractivity contribution in [1.29, 1.82) is 0 Å². The monoisotopic (exact) mass is 396 g/mol. The van der Waals surface area contributed by atoms with Crippen molar-refractivity contribution in [3.8, 4) is 6.01 Å². The molecule has 0 saturated heterocycles. The van der Waals surface area contributed by atoms with Crippen LogP contribution in [0.3, 0.4) is 0 Å². The molecule has 9 nitrogen and oxygen atoms in total. The standard InChI is InChI=1S/C19H36N6O3/c1-15(2)28-19-23-17(21-10-12-27-14-13-26-11-9-20)22-18(24-19)25(3)16-7-5-4-6-8-16/h15-16H,4-14,20H2,1-3H3,(H,21,22,23,24). The summed E-state index contributed by atoms with van der Waals surface area (Å²) in [6, 6.07) is 0.814. The largest absolute Gasteiger partial charge is 0.461 e. The van der Waals surface area contributed by atoms with Crippen molar-refractivity contribution in [1.82, 2.24) is 15.0 Å². The quantitative estimate of drug-likeness (QED) is 0.483. The van der Waals surface area contributed by atoms with Gasteiger partial charge in [0.05, 0.1) is 32.5 Å². The molecule has 0 radical (unpaired) electrons. The van der Waals surface area contributed by atoms with E-state index in [4.69, 9.17) is 19.9 Å². The molecule has 0 atom stereocenters. The maximum absolute atomic E-state index is 5.73. The van der Waals surface area contributed by atoms with Crippen LogP contribution in [0.2, 0.25) is 0 Å². The Hall–Kier alpha value is -1.71. The highest BCUT2D eigenvalue weighted by molar-refractivity contribution is 5.38. The third kappa shape index (κ3) is 8.12. The summed E-state index contributed by atoms with van der Waals surface area (Å²) in [4.78, 5) is 15.7. The van der Waals surface area contributed by atoms with E-state index in [1.807, 2.05) is 13.8 Å². The Bertz CT molecular complexity index is 554. The zero-order chi connectivity index (χ0) is 20.2. The fraction of sp³-hybridized carbons (Fsp3) is 0.842. The van der Waals surface area contributed by atoms with Gasteiger partial charge in [0, 0.05) is 26.2 Å². The molecule has 0 bridgehead atoms. The number of rotatable bonds is 13. The van der Waals surface area contributed by atoms with Crippen molar-refractivity contribution < 1.29 is 14.2 Å². The van der Waals surface area contributed by atoms with E-state index >= 15 is 0 Å². The van der Waals surface area contributed by atoms with Crippen LogP contribution in [0.25, 0.3) is 0 Å². The molecular formula is C19H36N6O3. The molecular weight excluding hydrogens is 360 g/mol. The summed E-state index contributed by atoms with van der Waals surface area (Å²) < 4.78 is 16.5. The SMILES string of the molecule is CC(C)Oc1nc(NCCOCCOCCN)nc(N(C)C2CCCCC2)n1. The van der Waals surface area contributed by atoms with Gasteiger partial charge in [-0.2, -0.15) is 15.0 Å². The summed E-state index contributed by atoms with van der Waals surface area (Å²) >= 11 is 0. The lowest BCUT2D eigenvalue weighted by atomic mass is 9.95. The molecule has 28 heavy (non-hydrogen) atoms. The summed E-state index contributed by atoms with van der Waals surface area (Å²) in [6.07, 6.45) is 6.17. The van der Waals surface area contributed by atoms with Crippen molar-refractivity contribution in [3.63, 3.8) is 0 Å². The number of hydrogen-bond acceptors (Lipinski definition) is 9. The average Bonchev–Trinajstić information content (AvgIpc) is 2.69. The van der Waals surface area contributed by atoms with Gasteiger partial charge in [-0.25, -0.2) is 0 Å². The van der Waals surface area contributed by atoms with E-state index in [0.29, 0.717) is 63.5 Å². The van der Waals surface area contributed by atoms with Crippen LogP contribution in [-0.2, 0) is 9.47 Å². The molecule has 2 rings (SSSR count). The van der Waals surface area contributed by atoms with Crippen LogP contribution in [0.4, 0.5) is 11.9 Å². The Balaban J connectivity index is 1.90. The Morgan fingerprint density at radius 3 is 2.43 bits per heavy atom. The van der Waals surface area contributed by atoms with E-state index in [0.717, 1.165) is 0 Å². The molecule has 0 aliphatic heterocycles. The van der Waals surface area contributed by atoms with Crippen molar-refractivity contribution >= 4 is 11.9 Å². The van der Waals surface area contributed by atoms with E-state index in [1.165, 1.54) is 32.1 Å². The molecule has 160 valence electrons. The predicted molar refractivity (Wildman–Crippen MR) is 110 cm³/mol. The molecule has 0 amide bonds. The molecule has 1 saturated carbocycles. The summed E-state index contributed by atoms with van der Waals surface area (Å²) in [6.45, 7) is 7.22. The lowest BCUT2D eigenvalue weighted by Crippen LogP contribution is -2.35. The second kappa shape index (κ2) is 12.7. The van der Waals surface area contributed by atoms with Gasteiger partial charge in [0.1, 0.15) is 0 Å². The molecule has 1 aromatic rings. The van der Waals surface area contributed by atoms with Gasteiger partial charge < -0.3 is 30.2 Å². The zero-order valence-electron chi connectivity index (χ0n) is 17.5. The second-order valence-corrected chi connectivity index (χ2v) is 7.25. The third-order valence-corrected chi connectivity index (χ3v) is 4.55. The molecule has 0 aromatic carbocycles.